The molecule has 0 amide bonds. The third-order valence-electron chi connectivity index (χ3n) is 2.43. The van der Waals surface area contributed by atoms with Crippen LogP contribution < -0.4 is 4.74 Å². The summed E-state index contributed by atoms with van der Waals surface area (Å²) in [4.78, 5) is 1.46. The summed E-state index contributed by atoms with van der Waals surface area (Å²) in [6.07, 6.45) is 0.882. The van der Waals surface area contributed by atoms with Crippen LogP contribution in [0.2, 0.25) is 0 Å². The van der Waals surface area contributed by atoms with Crippen molar-refractivity contribution in [3.63, 3.8) is 0 Å². The number of hydrogen-bond acceptors (Lipinski definition) is 2. The second-order valence-electron chi connectivity index (χ2n) is 3.70. The predicted octanol–water partition coefficient (Wildman–Crippen LogP) is 5.03. The number of ether oxygens (including phenoxy) is 1. The quantitative estimate of drug-likeness (QED) is 0.698. The fourth-order valence-electron chi connectivity index (χ4n) is 1.58. The van der Waals surface area contributed by atoms with Crippen LogP contribution >= 0.6 is 27.3 Å². The van der Waals surface area contributed by atoms with Crippen molar-refractivity contribution in [3.05, 3.63) is 52.2 Å². The third kappa shape index (κ3) is 3.78. The van der Waals surface area contributed by atoms with Gasteiger partial charge in [0.15, 0.2) is 0 Å². The molecule has 0 aliphatic heterocycles. The average Bonchev–Trinajstić information content (AvgIpc) is 2.82. The van der Waals surface area contributed by atoms with Gasteiger partial charge in [0.2, 0.25) is 0 Å². The van der Waals surface area contributed by atoms with Gasteiger partial charge in [-0.25, -0.2) is 0 Å². The molecule has 0 aliphatic carbocycles. The van der Waals surface area contributed by atoms with Crippen LogP contribution in [0.4, 0.5) is 8.78 Å². The van der Waals surface area contributed by atoms with E-state index < -0.39 is 6.61 Å². The molecule has 2 rings (SSSR count). The minimum Gasteiger partial charge on any atom is -0.435 e. The van der Waals surface area contributed by atoms with Gasteiger partial charge in [0, 0.05) is 9.70 Å². The molecule has 0 saturated carbocycles. The van der Waals surface area contributed by atoms with E-state index in [0.717, 1.165) is 12.0 Å². The molecule has 1 aromatic carbocycles. The van der Waals surface area contributed by atoms with E-state index in [0.29, 0.717) is 0 Å². The maximum Gasteiger partial charge on any atom is 0.387 e. The largest absolute Gasteiger partial charge is 0.435 e. The van der Waals surface area contributed by atoms with Crippen LogP contribution in [0.25, 0.3) is 0 Å². The van der Waals surface area contributed by atoms with Gasteiger partial charge in [0.05, 0.1) is 0 Å². The predicted molar refractivity (Wildman–Crippen MR) is 72.8 cm³/mol. The van der Waals surface area contributed by atoms with Crippen molar-refractivity contribution in [3.8, 4) is 5.75 Å². The van der Waals surface area contributed by atoms with Crippen LogP contribution in [-0.2, 0) is 6.42 Å². The van der Waals surface area contributed by atoms with E-state index in [2.05, 4.69) is 26.7 Å². The van der Waals surface area contributed by atoms with E-state index in [-0.39, 0.29) is 10.6 Å². The summed E-state index contributed by atoms with van der Waals surface area (Å²) in [5.74, 6) is 0.185. The Morgan fingerprint density at radius 1 is 1.17 bits per heavy atom. The summed E-state index contributed by atoms with van der Waals surface area (Å²) in [5, 5.41) is 2.04. The molecular formula is C13H11BrF2OS. The van der Waals surface area contributed by atoms with Gasteiger partial charge >= 0.3 is 6.61 Å². The lowest BCUT2D eigenvalue weighted by Gasteiger charge is -2.10. The molecule has 18 heavy (non-hydrogen) atoms. The first-order valence-corrected chi connectivity index (χ1v) is 7.16. The van der Waals surface area contributed by atoms with Crippen molar-refractivity contribution in [1.82, 2.24) is 0 Å². The van der Waals surface area contributed by atoms with Crippen molar-refractivity contribution >= 4 is 27.3 Å². The molecule has 0 spiro atoms. The summed E-state index contributed by atoms with van der Waals surface area (Å²) < 4.78 is 28.3. The van der Waals surface area contributed by atoms with E-state index in [9.17, 15) is 8.78 Å². The number of benzene rings is 1. The number of halogens is 3. The molecule has 96 valence electrons. The Balaban J connectivity index is 2.00. The summed E-state index contributed by atoms with van der Waals surface area (Å²) in [6.45, 7) is -2.78. The molecule has 1 heterocycles. The Hall–Kier alpha value is -0.940. The zero-order valence-electron chi connectivity index (χ0n) is 9.35. The Kier molecular flexibility index (Phi) is 4.72. The van der Waals surface area contributed by atoms with Crippen LogP contribution in [0, 0.1) is 0 Å². The van der Waals surface area contributed by atoms with Gasteiger partial charge in [-0.15, -0.1) is 11.3 Å². The molecule has 0 saturated heterocycles. The lowest BCUT2D eigenvalue weighted by atomic mass is 10.1. The highest BCUT2D eigenvalue weighted by molar-refractivity contribution is 9.09. The molecule has 1 unspecified atom stereocenters. The zero-order valence-corrected chi connectivity index (χ0v) is 11.8. The van der Waals surface area contributed by atoms with Crippen LogP contribution in [-0.4, -0.2) is 6.61 Å². The SMILES string of the molecule is FC(F)Oc1ccc(C(Br)Cc2cccs2)cc1. The first-order valence-electron chi connectivity index (χ1n) is 5.36. The van der Waals surface area contributed by atoms with Gasteiger partial charge in [0.25, 0.3) is 0 Å². The Labute approximate surface area is 117 Å². The number of hydrogen-bond donors (Lipinski definition) is 0. The maximum atomic E-state index is 12.0. The van der Waals surface area contributed by atoms with E-state index in [1.807, 2.05) is 11.4 Å². The van der Waals surface area contributed by atoms with E-state index in [1.165, 1.54) is 4.88 Å². The molecule has 2 aromatic rings. The van der Waals surface area contributed by atoms with Crippen molar-refractivity contribution in [2.45, 2.75) is 17.9 Å². The van der Waals surface area contributed by atoms with Crippen molar-refractivity contribution in [2.24, 2.45) is 0 Å². The van der Waals surface area contributed by atoms with E-state index in [4.69, 9.17) is 0 Å². The van der Waals surface area contributed by atoms with Gasteiger partial charge in [-0.05, 0) is 35.6 Å². The standard InChI is InChI=1S/C13H11BrF2OS/c14-12(8-11-2-1-7-18-11)9-3-5-10(6-4-9)17-13(15)16/h1-7,12-13H,8H2. The summed E-state index contributed by atoms with van der Waals surface area (Å²) in [7, 11) is 0. The van der Waals surface area contributed by atoms with Crippen LogP contribution in [0.5, 0.6) is 5.75 Å². The molecule has 0 fully saturated rings. The fourth-order valence-corrected chi connectivity index (χ4v) is 3.20. The number of rotatable bonds is 5. The minimum atomic E-state index is -2.78. The molecule has 1 nitrogen and oxygen atoms in total. The second kappa shape index (κ2) is 6.29. The average molecular weight is 333 g/mol. The van der Waals surface area contributed by atoms with E-state index >= 15 is 0 Å². The van der Waals surface area contributed by atoms with E-state index in [1.54, 1.807) is 35.6 Å². The third-order valence-corrected chi connectivity index (χ3v) is 4.18. The van der Waals surface area contributed by atoms with Gasteiger partial charge in [-0.1, -0.05) is 34.1 Å². The zero-order chi connectivity index (χ0) is 13.0. The summed E-state index contributed by atoms with van der Waals surface area (Å²) in [5.41, 5.74) is 1.05. The topological polar surface area (TPSA) is 9.23 Å². The minimum absolute atomic E-state index is 0.178. The summed E-state index contributed by atoms with van der Waals surface area (Å²) in [6, 6.07) is 10.8. The molecule has 0 N–H and O–H groups in total. The Morgan fingerprint density at radius 2 is 1.89 bits per heavy atom. The van der Waals surface area contributed by atoms with Gasteiger partial charge in [-0.2, -0.15) is 8.78 Å². The summed E-state index contributed by atoms with van der Waals surface area (Å²) >= 11 is 5.30. The lowest BCUT2D eigenvalue weighted by Crippen LogP contribution is -2.02. The lowest BCUT2D eigenvalue weighted by molar-refractivity contribution is -0.0498. The van der Waals surface area contributed by atoms with Gasteiger partial charge < -0.3 is 4.74 Å². The van der Waals surface area contributed by atoms with Crippen LogP contribution in [0.15, 0.2) is 41.8 Å². The highest BCUT2D eigenvalue weighted by Gasteiger charge is 2.10. The van der Waals surface area contributed by atoms with Gasteiger partial charge in [-0.3, -0.25) is 0 Å². The highest BCUT2D eigenvalue weighted by Crippen LogP contribution is 2.30. The fraction of sp³-hybridized carbons (Fsp3) is 0.231. The number of alkyl halides is 3. The van der Waals surface area contributed by atoms with Crippen molar-refractivity contribution in [2.75, 3.05) is 0 Å². The molecule has 5 heteroatoms. The Morgan fingerprint density at radius 3 is 2.44 bits per heavy atom. The molecule has 0 aliphatic rings. The Bertz CT molecular complexity index is 470. The highest BCUT2D eigenvalue weighted by atomic mass is 79.9. The molecule has 1 atom stereocenters. The van der Waals surface area contributed by atoms with Crippen LogP contribution in [0.3, 0.4) is 0 Å². The smallest absolute Gasteiger partial charge is 0.387 e. The second-order valence-corrected chi connectivity index (χ2v) is 5.84. The number of thiophene rings is 1. The van der Waals surface area contributed by atoms with Crippen molar-refractivity contribution in [1.29, 1.82) is 0 Å². The maximum absolute atomic E-state index is 12.0. The molecule has 0 bridgehead atoms. The van der Waals surface area contributed by atoms with Crippen LogP contribution in [0.1, 0.15) is 15.3 Å². The molecule has 1 aromatic heterocycles. The monoisotopic (exact) mass is 332 g/mol. The van der Waals surface area contributed by atoms with Crippen molar-refractivity contribution < 1.29 is 13.5 Å². The first-order chi connectivity index (χ1) is 8.65. The first kappa shape index (κ1) is 13.5. The molecule has 0 radical (unpaired) electrons. The molecular weight excluding hydrogens is 322 g/mol. The van der Waals surface area contributed by atoms with Gasteiger partial charge in [0.1, 0.15) is 5.75 Å². The normalized spacial score (nSPS) is 12.7.